The first-order chi connectivity index (χ1) is 10.0. The van der Waals surface area contributed by atoms with Crippen LogP contribution >= 0.6 is 23.2 Å². The second kappa shape index (κ2) is 7.31. The maximum Gasteiger partial charge on any atom is 0.322 e. The monoisotopic (exact) mass is 347 g/mol. The van der Waals surface area contributed by atoms with E-state index in [9.17, 15) is 14.7 Å². The number of carboxylic acids is 1. The number of nitrogens with two attached hydrogens (primary N) is 1. The van der Waals surface area contributed by atoms with Crippen LogP contribution in [0.3, 0.4) is 0 Å². The van der Waals surface area contributed by atoms with Gasteiger partial charge < -0.3 is 15.6 Å². The lowest BCUT2D eigenvalue weighted by atomic mass is 9.94. The molecule has 0 fully saturated rings. The van der Waals surface area contributed by atoms with Crippen LogP contribution in [0.2, 0.25) is 10.0 Å². The van der Waals surface area contributed by atoms with Crippen LogP contribution in [0.15, 0.2) is 18.2 Å². The molecule has 0 saturated heterocycles. The summed E-state index contributed by atoms with van der Waals surface area (Å²) < 4.78 is 5.12. The molecule has 0 heterocycles. The third kappa shape index (κ3) is 5.48. The predicted molar refractivity (Wildman–Crippen MR) is 85.1 cm³/mol. The molecule has 22 heavy (non-hydrogen) atoms. The van der Waals surface area contributed by atoms with Crippen LogP contribution in [0.5, 0.6) is 0 Å². The summed E-state index contributed by atoms with van der Waals surface area (Å²) in [4.78, 5) is 23.4. The van der Waals surface area contributed by atoms with Crippen LogP contribution in [-0.2, 0) is 20.7 Å². The van der Waals surface area contributed by atoms with Gasteiger partial charge in [-0.15, -0.1) is 0 Å². The highest BCUT2D eigenvalue weighted by Crippen LogP contribution is 2.24. The number of esters is 1. The number of carbonyl (C=O) groups excluding carboxylic acids is 1. The fraction of sp³-hybridized carbons (Fsp3) is 0.467. The van der Waals surface area contributed by atoms with Crippen LogP contribution < -0.4 is 5.73 Å². The molecule has 0 aliphatic rings. The van der Waals surface area contributed by atoms with Gasteiger partial charge >= 0.3 is 11.9 Å². The summed E-state index contributed by atoms with van der Waals surface area (Å²) in [5, 5.41) is 9.99. The zero-order valence-electron chi connectivity index (χ0n) is 12.6. The van der Waals surface area contributed by atoms with Crippen LogP contribution in [0.25, 0.3) is 0 Å². The summed E-state index contributed by atoms with van der Waals surface area (Å²) in [5.41, 5.74) is 5.81. The Kier molecular flexibility index (Phi) is 6.23. The molecule has 0 radical (unpaired) electrons. The highest BCUT2D eigenvalue weighted by atomic mass is 35.5. The summed E-state index contributed by atoms with van der Waals surface area (Å²) in [6, 6.07) is 3.93. The minimum atomic E-state index is -1.45. The van der Waals surface area contributed by atoms with E-state index in [1.54, 1.807) is 39.0 Å². The Morgan fingerprint density at radius 3 is 2.32 bits per heavy atom. The van der Waals surface area contributed by atoms with E-state index < -0.39 is 29.5 Å². The molecule has 2 atom stereocenters. The van der Waals surface area contributed by atoms with Gasteiger partial charge in [-0.1, -0.05) is 29.3 Å². The molecule has 122 valence electrons. The van der Waals surface area contributed by atoms with Crippen molar-refractivity contribution in [2.24, 2.45) is 11.7 Å². The van der Waals surface area contributed by atoms with Gasteiger partial charge in [0, 0.05) is 6.04 Å². The zero-order valence-corrected chi connectivity index (χ0v) is 14.1. The molecule has 5 nitrogen and oxygen atoms in total. The van der Waals surface area contributed by atoms with Crippen LogP contribution in [0, 0.1) is 5.92 Å². The molecule has 0 aliphatic heterocycles. The number of carboxylic acid groups (broad SMARTS) is 1. The number of halogens is 2. The third-order valence-corrected chi connectivity index (χ3v) is 3.55. The molecule has 0 unspecified atom stereocenters. The van der Waals surface area contributed by atoms with E-state index in [2.05, 4.69) is 0 Å². The van der Waals surface area contributed by atoms with E-state index in [-0.39, 0.29) is 6.42 Å². The molecule has 0 spiro atoms. The molecule has 0 aromatic heterocycles. The van der Waals surface area contributed by atoms with Crippen LogP contribution in [-0.4, -0.2) is 28.7 Å². The lowest BCUT2D eigenvalue weighted by molar-refractivity contribution is -0.167. The van der Waals surface area contributed by atoms with Gasteiger partial charge in [0.05, 0.1) is 10.0 Å². The minimum absolute atomic E-state index is 0.160. The maximum absolute atomic E-state index is 12.0. The highest BCUT2D eigenvalue weighted by Gasteiger charge is 2.36. The number of aliphatic carboxylic acids is 1. The van der Waals surface area contributed by atoms with E-state index in [0.717, 1.165) is 0 Å². The molecular weight excluding hydrogens is 329 g/mol. The quantitative estimate of drug-likeness (QED) is 0.631. The average molecular weight is 348 g/mol. The third-order valence-electron chi connectivity index (χ3n) is 2.81. The first-order valence-corrected chi connectivity index (χ1v) is 7.42. The Bertz CT molecular complexity index is 569. The van der Waals surface area contributed by atoms with Gasteiger partial charge in [-0.25, -0.2) is 0 Å². The standard InChI is InChI=1S/C15H19Cl2NO4/c1-15(2,3)22-14(21)12(13(19)20)11(18)7-8-4-5-9(16)10(17)6-8/h4-6,11-12H,7,18H2,1-3H3,(H,19,20)/t11-,12+/m0/s1. The van der Waals surface area contributed by atoms with Crippen molar-refractivity contribution in [3.63, 3.8) is 0 Å². The Hall–Kier alpha value is -1.30. The summed E-state index contributed by atoms with van der Waals surface area (Å²) in [6.07, 6.45) is 0.160. The molecule has 1 rings (SSSR count). The Morgan fingerprint density at radius 2 is 1.86 bits per heavy atom. The summed E-state index contributed by atoms with van der Waals surface area (Å²) in [5.74, 6) is -3.62. The van der Waals surface area contributed by atoms with E-state index in [0.29, 0.717) is 15.6 Å². The van der Waals surface area contributed by atoms with Gasteiger partial charge in [0.2, 0.25) is 0 Å². The molecular formula is C15H19Cl2NO4. The lowest BCUT2D eigenvalue weighted by Crippen LogP contribution is -2.45. The van der Waals surface area contributed by atoms with E-state index >= 15 is 0 Å². The normalized spacial score (nSPS) is 14.3. The lowest BCUT2D eigenvalue weighted by Gasteiger charge is -2.25. The van der Waals surface area contributed by atoms with Gasteiger partial charge in [0.1, 0.15) is 5.60 Å². The minimum Gasteiger partial charge on any atom is -0.481 e. The van der Waals surface area contributed by atoms with Gasteiger partial charge in [0.15, 0.2) is 5.92 Å². The average Bonchev–Trinajstić information content (AvgIpc) is 2.31. The molecule has 0 aliphatic carbocycles. The number of carbonyl (C=O) groups is 2. The zero-order chi connectivity index (χ0) is 17.1. The van der Waals surface area contributed by atoms with Crippen LogP contribution in [0.1, 0.15) is 26.3 Å². The molecule has 7 heteroatoms. The molecule has 0 amide bonds. The Labute approximate surface area is 139 Å². The largest absolute Gasteiger partial charge is 0.481 e. The molecule has 0 bridgehead atoms. The van der Waals surface area contributed by atoms with Gasteiger partial charge in [-0.3, -0.25) is 9.59 Å². The van der Waals surface area contributed by atoms with Crippen molar-refractivity contribution in [1.82, 2.24) is 0 Å². The smallest absolute Gasteiger partial charge is 0.322 e. The van der Waals surface area contributed by atoms with Gasteiger partial charge in [0.25, 0.3) is 0 Å². The first-order valence-electron chi connectivity index (χ1n) is 6.66. The number of hydrogen-bond acceptors (Lipinski definition) is 4. The highest BCUT2D eigenvalue weighted by molar-refractivity contribution is 6.42. The fourth-order valence-corrected chi connectivity index (χ4v) is 2.20. The van der Waals surface area contributed by atoms with Crippen LogP contribution in [0.4, 0.5) is 0 Å². The summed E-state index contributed by atoms with van der Waals surface area (Å²) >= 11 is 11.7. The molecule has 0 saturated carbocycles. The predicted octanol–water partition coefficient (Wildman–Crippen LogP) is 2.91. The van der Waals surface area contributed by atoms with Crippen molar-refractivity contribution in [3.8, 4) is 0 Å². The van der Waals surface area contributed by atoms with Crippen molar-refractivity contribution in [2.75, 3.05) is 0 Å². The summed E-state index contributed by atoms with van der Waals surface area (Å²) in [6.45, 7) is 4.98. The van der Waals surface area contributed by atoms with Crippen molar-refractivity contribution < 1.29 is 19.4 Å². The second-order valence-corrected chi connectivity index (χ2v) is 6.78. The number of rotatable bonds is 5. The topological polar surface area (TPSA) is 89.6 Å². The second-order valence-electron chi connectivity index (χ2n) is 5.97. The van der Waals surface area contributed by atoms with E-state index in [1.807, 2.05) is 0 Å². The van der Waals surface area contributed by atoms with E-state index in [1.165, 1.54) is 0 Å². The van der Waals surface area contributed by atoms with Crippen molar-refractivity contribution in [1.29, 1.82) is 0 Å². The number of ether oxygens (including phenoxy) is 1. The van der Waals surface area contributed by atoms with Crippen molar-refractivity contribution in [2.45, 2.75) is 38.8 Å². The van der Waals surface area contributed by atoms with Crippen molar-refractivity contribution in [3.05, 3.63) is 33.8 Å². The fourth-order valence-electron chi connectivity index (χ4n) is 1.88. The molecule has 3 N–H and O–H groups in total. The Morgan fingerprint density at radius 1 is 1.27 bits per heavy atom. The van der Waals surface area contributed by atoms with E-state index in [4.69, 9.17) is 33.7 Å². The van der Waals surface area contributed by atoms with Gasteiger partial charge in [-0.05, 0) is 44.9 Å². The summed E-state index contributed by atoms with van der Waals surface area (Å²) in [7, 11) is 0. The van der Waals surface area contributed by atoms with Crippen molar-refractivity contribution >= 4 is 35.1 Å². The Balaban J connectivity index is 2.89. The molecule has 1 aromatic rings. The first kappa shape index (κ1) is 18.7. The maximum atomic E-state index is 12.0. The number of benzene rings is 1. The molecule has 1 aromatic carbocycles. The van der Waals surface area contributed by atoms with Gasteiger partial charge in [-0.2, -0.15) is 0 Å². The number of hydrogen-bond donors (Lipinski definition) is 2. The SMILES string of the molecule is CC(C)(C)OC(=O)[C@@H](C(=O)O)[C@@H](N)Cc1ccc(Cl)c(Cl)c1.